The van der Waals surface area contributed by atoms with Crippen molar-refractivity contribution in [1.29, 1.82) is 0 Å². The summed E-state index contributed by atoms with van der Waals surface area (Å²) in [6.07, 6.45) is 4.23. The Hall–Kier alpha value is -0.860. The SMILES string of the molecule is CCCCCCC(=O)CC(=O)O. The Morgan fingerprint density at radius 1 is 1.17 bits per heavy atom. The van der Waals surface area contributed by atoms with Gasteiger partial charge in [-0.05, 0) is 6.42 Å². The minimum atomic E-state index is -1.02. The van der Waals surface area contributed by atoms with Crippen molar-refractivity contribution in [2.45, 2.75) is 45.4 Å². The van der Waals surface area contributed by atoms with E-state index in [4.69, 9.17) is 5.11 Å². The van der Waals surface area contributed by atoms with Crippen LogP contribution in [0.3, 0.4) is 0 Å². The van der Waals surface area contributed by atoms with Crippen molar-refractivity contribution in [2.24, 2.45) is 0 Å². The van der Waals surface area contributed by atoms with Gasteiger partial charge in [0.2, 0.25) is 0 Å². The molecule has 0 unspecified atom stereocenters. The number of hydrogen-bond donors (Lipinski definition) is 1. The fourth-order valence-electron chi connectivity index (χ4n) is 1.01. The van der Waals surface area contributed by atoms with Gasteiger partial charge in [0, 0.05) is 6.42 Å². The molecule has 0 heterocycles. The van der Waals surface area contributed by atoms with Gasteiger partial charge in [-0.1, -0.05) is 26.2 Å². The van der Waals surface area contributed by atoms with Crippen LogP contribution in [0.1, 0.15) is 45.4 Å². The summed E-state index contributed by atoms with van der Waals surface area (Å²) in [5, 5.41) is 8.27. The molecule has 3 nitrogen and oxygen atoms in total. The highest BCUT2D eigenvalue weighted by Gasteiger charge is 2.06. The van der Waals surface area contributed by atoms with Gasteiger partial charge in [-0.25, -0.2) is 0 Å². The molecule has 0 amide bonds. The van der Waals surface area contributed by atoms with E-state index in [1.807, 2.05) is 0 Å². The Balaban J connectivity index is 3.26. The van der Waals surface area contributed by atoms with Crippen molar-refractivity contribution in [1.82, 2.24) is 0 Å². The smallest absolute Gasteiger partial charge is 0.310 e. The first-order valence-electron chi connectivity index (χ1n) is 4.40. The van der Waals surface area contributed by atoms with Crippen molar-refractivity contribution >= 4 is 11.8 Å². The van der Waals surface area contributed by atoms with Gasteiger partial charge in [0.25, 0.3) is 0 Å². The second kappa shape index (κ2) is 6.83. The standard InChI is InChI=1S/C9H16O3/c1-2-3-4-5-6-8(10)7-9(11)12/h2-7H2,1H3,(H,11,12). The van der Waals surface area contributed by atoms with Gasteiger partial charge in [0.1, 0.15) is 12.2 Å². The third-order valence-corrected chi connectivity index (χ3v) is 1.66. The second-order valence-electron chi connectivity index (χ2n) is 2.92. The maximum Gasteiger partial charge on any atom is 0.310 e. The van der Waals surface area contributed by atoms with Gasteiger partial charge >= 0.3 is 5.97 Å². The highest BCUT2D eigenvalue weighted by molar-refractivity contribution is 5.94. The number of unbranched alkanes of at least 4 members (excludes halogenated alkanes) is 3. The molecule has 0 radical (unpaired) electrons. The highest BCUT2D eigenvalue weighted by atomic mass is 16.4. The molecule has 0 aromatic rings. The molecule has 3 heteroatoms. The Labute approximate surface area is 72.8 Å². The number of carboxylic acids is 1. The molecule has 0 rings (SSSR count). The average Bonchev–Trinajstić information content (AvgIpc) is 1.97. The topological polar surface area (TPSA) is 54.4 Å². The maximum absolute atomic E-state index is 10.8. The number of carbonyl (C=O) groups excluding carboxylic acids is 1. The van der Waals surface area contributed by atoms with E-state index in [2.05, 4.69) is 6.92 Å². The van der Waals surface area contributed by atoms with Gasteiger partial charge in [-0.3, -0.25) is 9.59 Å². The zero-order valence-electron chi connectivity index (χ0n) is 7.51. The summed E-state index contributed by atoms with van der Waals surface area (Å²) in [6.45, 7) is 2.10. The van der Waals surface area contributed by atoms with Crippen LogP contribution in [0.2, 0.25) is 0 Å². The first kappa shape index (κ1) is 11.1. The van der Waals surface area contributed by atoms with Gasteiger partial charge in [0.05, 0.1) is 0 Å². The van der Waals surface area contributed by atoms with Crippen LogP contribution in [-0.4, -0.2) is 16.9 Å². The van der Waals surface area contributed by atoms with Gasteiger partial charge in [-0.2, -0.15) is 0 Å². The summed E-state index contributed by atoms with van der Waals surface area (Å²) < 4.78 is 0. The molecular formula is C9H16O3. The molecule has 0 bridgehead atoms. The lowest BCUT2D eigenvalue weighted by molar-refractivity contribution is -0.140. The number of ketones is 1. The average molecular weight is 172 g/mol. The van der Waals surface area contributed by atoms with Crippen LogP contribution in [0.5, 0.6) is 0 Å². The maximum atomic E-state index is 10.8. The fraction of sp³-hybridized carbons (Fsp3) is 0.778. The lowest BCUT2D eigenvalue weighted by atomic mass is 10.1. The molecule has 0 aliphatic heterocycles. The molecule has 0 atom stereocenters. The van der Waals surface area contributed by atoms with E-state index < -0.39 is 5.97 Å². The van der Waals surface area contributed by atoms with Gasteiger partial charge in [-0.15, -0.1) is 0 Å². The summed E-state index contributed by atoms with van der Waals surface area (Å²) >= 11 is 0. The van der Waals surface area contributed by atoms with Crippen LogP contribution in [0.15, 0.2) is 0 Å². The number of carboxylic acid groups (broad SMARTS) is 1. The molecule has 70 valence electrons. The third-order valence-electron chi connectivity index (χ3n) is 1.66. The molecule has 0 aliphatic carbocycles. The summed E-state index contributed by atoms with van der Waals surface area (Å²) in [4.78, 5) is 20.9. The van der Waals surface area contributed by atoms with E-state index in [1.54, 1.807) is 0 Å². The molecular weight excluding hydrogens is 156 g/mol. The fourth-order valence-corrected chi connectivity index (χ4v) is 1.01. The summed E-state index contributed by atoms with van der Waals surface area (Å²) in [5.41, 5.74) is 0. The molecule has 0 aromatic heterocycles. The normalized spacial score (nSPS) is 9.75. The predicted octanol–water partition coefficient (Wildman–Crippen LogP) is 2.00. The Kier molecular flexibility index (Phi) is 6.34. The van der Waals surface area contributed by atoms with Crippen LogP contribution < -0.4 is 0 Å². The Morgan fingerprint density at radius 3 is 2.33 bits per heavy atom. The quantitative estimate of drug-likeness (QED) is 0.472. The van der Waals surface area contributed by atoms with Crippen molar-refractivity contribution in [3.63, 3.8) is 0 Å². The Morgan fingerprint density at radius 2 is 1.83 bits per heavy atom. The van der Waals surface area contributed by atoms with E-state index >= 15 is 0 Å². The van der Waals surface area contributed by atoms with Crippen LogP contribution in [0, 0.1) is 0 Å². The molecule has 0 saturated carbocycles. The number of aliphatic carboxylic acids is 1. The molecule has 0 aromatic carbocycles. The lowest BCUT2D eigenvalue weighted by Crippen LogP contribution is -2.05. The zero-order chi connectivity index (χ0) is 9.40. The number of hydrogen-bond acceptors (Lipinski definition) is 2. The van der Waals surface area contributed by atoms with E-state index in [-0.39, 0.29) is 12.2 Å². The number of carbonyl (C=O) groups is 2. The van der Waals surface area contributed by atoms with E-state index in [9.17, 15) is 9.59 Å². The minimum Gasteiger partial charge on any atom is -0.481 e. The Bertz CT molecular complexity index is 152. The van der Waals surface area contributed by atoms with Crippen molar-refractivity contribution in [3.05, 3.63) is 0 Å². The van der Waals surface area contributed by atoms with Crippen molar-refractivity contribution in [3.8, 4) is 0 Å². The predicted molar refractivity (Wildman–Crippen MR) is 46.0 cm³/mol. The highest BCUT2D eigenvalue weighted by Crippen LogP contribution is 2.04. The van der Waals surface area contributed by atoms with Crippen LogP contribution >= 0.6 is 0 Å². The number of rotatable bonds is 7. The van der Waals surface area contributed by atoms with Crippen LogP contribution in [0.4, 0.5) is 0 Å². The van der Waals surface area contributed by atoms with E-state index in [1.165, 1.54) is 0 Å². The lowest BCUT2D eigenvalue weighted by Gasteiger charge is -1.96. The van der Waals surface area contributed by atoms with E-state index in [0.29, 0.717) is 6.42 Å². The molecule has 0 spiro atoms. The molecule has 12 heavy (non-hydrogen) atoms. The third kappa shape index (κ3) is 7.25. The van der Waals surface area contributed by atoms with Gasteiger partial charge in [0.15, 0.2) is 0 Å². The second-order valence-corrected chi connectivity index (χ2v) is 2.92. The first-order valence-corrected chi connectivity index (χ1v) is 4.40. The summed E-state index contributed by atoms with van der Waals surface area (Å²) in [7, 11) is 0. The zero-order valence-corrected chi connectivity index (χ0v) is 7.51. The van der Waals surface area contributed by atoms with Crippen LogP contribution in [-0.2, 0) is 9.59 Å². The van der Waals surface area contributed by atoms with Crippen molar-refractivity contribution < 1.29 is 14.7 Å². The first-order chi connectivity index (χ1) is 5.66. The van der Waals surface area contributed by atoms with Crippen molar-refractivity contribution in [2.75, 3.05) is 0 Å². The summed E-state index contributed by atoms with van der Waals surface area (Å²) in [6, 6.07) is 0. The van der Waals surface area contributed by atoms with Crippen LogP contribution in [0.25, 0.3) is 0 Å². The number of Topliss-reactive ketones (excluding diaryl/α,β-unsaturated/α-hetero) is 1. The minimum absolute atomic E-state index is 0.154. The molecule has 0 saturated heterocycles. The molecule has 0 fully saturated rings. The summed E-state index contributed by atoms with van der Waals surface area (Å²) in [5.74, 6) is -1.17. The molecule has 1 N–H and O–H groups in total. The van der Waals surface area contributed by atoms with Gasteiger partial charge < -0.3 is 5.11 Å². The monoisotopic (exact) mass is 172 g/mol. The largest absolute Gasteiger partial charge is 0.481 e. The molecule has 0 aliphatic rings. The van der Waals surface area contributed by atoms with E-state index in [0.717, 1.165) is 25.7 Å².